The van der Waals surface area contributed by atoms with E-state index in [0.717, 1.165) is 54.7 Å². The third-order valence-corrected chi connectivity index (χ3v) is 10.8. The van der Waals surface area contributed by atoms with Crippen LogP contribution in [0.4, 0.5) is 11.4 Å². The number of amides is 2. The Bertz CT molecular complexity index is 1870. The Kier molecular flexibility index (Phi) is 11.4. The van der Waals surface area contributed by atoms with Crippen molar-refractivity contribution >= 4 is 90.4 Å². The second kappa shape index (κ2) is 16.2. The van der Waals surface area contributed by atoms with Gasteiger partial charge in [-0.25, -0.2) is 9.97 Å². The van der Waals surface area contributed by atoms with Crippen LogP contribution in [0.3, 0.4) is 0 Å². The number of ether oxygens (including phenoxy) is 2. The molecule has 0 aliphatic carbocycles. The molecule has 0 spiro atoms. The molecule has 2 amide bonds. The van der Waals surface area contributed by atoms with E-state index in [2.05, 4.69) is 30.6 Å². The van der Waals surface area contributed by atoms with Crippen LogP contribution in [0.15, 0.2) is 105 Å². The number of aromatic nitrogens is 4. The first-order chi connectivity index (χ1) is 23.4. The summed E-state index contributed by atoms with van der Waals surface area (Å²) >= 11 is 2.70. The maximum Gasteiger partial charge on any atom is 0.234 e. The smallest absolute Gasteiger partial charge is 0.234 e. The molecule has 0 aliphatic rings. The van der Waals surface area contributed by atoms with Gasteiger partial charge in [0.05, 0.1) is 46.8 Å². The summed E-state index contributed by atoms with van der Waals surface area (Å²) in [6.45, 7) is 5.08. The number of carbonyl (C=O) groups excluding carboxylic acids is 2. The standard InChI is InChI=1S/C34H32N6O4S4/c1-3-43-23-9-15-27-29(17-23)39-33(37-27)45-19-31(41)35-21-5-11-25(12-6-21)47-48-26-13-7-22(8-14-26)36-32(42)20-46-34-38-28-16-10-24(44-4-2)18-30(28)40-34/h5-18H,3-4,19-20H2,1-2H3,(H,35,41)(H,36,42)(H,37,39)(H,38,40). The molecule has 0 unspecified atom stereocenters. The zero-order valence-electron chi connectivity index (χ0n) is 26.1. The normalized spacial score (nSPS) is 11.1. The van der Waals surface area contributed by atoms with Crippen LogP contribution in [0.1, 0.15) is 13.8 Å². The number of hydrogen-bond acceptors (Lipinski definition) is 10. The number of thioether (sulfide) groups is 2. The number of aromatic amines is 2. The van der Waals surface area contributed by atoms with Crippen molar-refractivity contribution in [3.8, 4) is 11.5 Å². The highest BCUT2D eigenvalue weighted by molar-refractivity contribution is 8.76. The fourth-order valence-electron chi connectivity index (χ4n) is 4.53. The lowest BCUT2D eigenvalue weighted by molar-refractivity contribution is -0.114. The van der Waals surface area contributed by atoms with E-state index in [9.17, 15) is 9.59 Å². The van der Waals surface area contributed by atoms with Gasteiger partial charge in [-0.1, -0.05) is 45.1 Å². The third kappa shape index (κ3) is 9.22. The summed E-state index contributed by atoms with van der Waals surface area (Å²) < 4.78 is 11.1. The molecule has 4 N–H and O–H groups in total. The number of carbonyl (C=O) groups is 2. The quantitative estimate of drug-likeness (QED) is 0.0606. The van der Waals surface area contributed by atoms with Gasteiger partial charge in [0.25, 0.3) is 0 Å². The molecule has 0 aliphatic heterocycles. The van der Waals surface area contributed by atoms with E-state index >= 15 is 0 Å². The average Bonchev–Trinajstić information content (AvgIpc) is 3.70. The molecular formula is C34H32N6O4S4. The van der Waals surface area contributed by atoms with Crippen LogP contribution in [-0.4, -0.2) is 56.5 Å². The predicted molar refractivity (Wildman–Crippen MR) is 198 cm³/mol. The van der Waals surface area contributed by atoms with Gasteiger partial charge in [0, 0.05) is 33.3 Å². The van der Waals surface area contributed by atoms with Crippen molar-refractivity contribution in [2.45, 2.75) is 34.0 Å². The van der Waals surface area contributed by atoms with Crippen LogP contribution in [0.2, 0.25) is 0 Å². The summed E-state index contributed by atoms with van der Waals surface area (Å²) in [5.74, 6) is 1.81. The molecule has 14 heteroatoms. The molecule has 6 rings (SSSR count). The Labute approximate surface area is 293 Å². The minimum Gasteiger partial charge on any atom is -0.494 e. The Morgan fingerprint density at radius 3 is 1.44 bits per heavy atom. The maximum absolute atomic E-state index is 12.6. The fourth-order valence-corrected chi connectivity index (χ4v) is 7.83. The maximum atomic E-state index is 12.6. The number of imidazole rings is 2. The molecule has 0 bridgehead atoms. The lowest BCUT2D eigenvalue weighted by Gasteiger charge is -2.07. The Hall–Kier alpha value is -4.24. The van der Waals surface area contributed by atoms with Crippen LogP contribution >= 0.6 is 45.1 Å². The molecule has 2 heterocycles. The number of anilines is 2. The van der Waals surface area contributed by atoms with Gasteiger partial charge in [-0.3, -0.25) is 9.59 Å². The van der Waals surface area contributed by atoms with Crippen molar-refractivity contribution in [3.63, 3.8) is 0 Å². The zero-order valence-corrected chi connectivity index (χ0v) is 29.3. The van der Waals surface area contributed by atoms with Crippen molar-refractivity contribution in [1.82, 2.24) is 19.9 Å². The summed E-state index contributed by atoms with van der Waals surface area (Å²) in [6, 6.07) is 26.9. The fraction of sp³-hybridized carbons (Fsp3) is 0.176. The average molecular weight is 717 g/mol. The van der Waals surface area contributed by atoms with Crippen molar-refractivity contribution in [2.24, 2.45) is 0 Å². The van der Waals surface area contributed by atoms with E-state index in [0.29, 0.717) is 23.5 Å². The van der Waals surface area contributed by atoms with Gasteiger partial charge in [-0.15, -0.1) is 0 Å². The van der Waals surface area contributed by atoms with Crippen molar-refractivity contribution < 1.29 is 19.1 Å². The number of rotatable bonds is 15. The molecule has 0 radical (unpaired) electrons. The summed E-state index contributed by atoms with van der Waals surface area (Å²) in [7, 11) is 3.23. The van der Waals surface area contributed by atoms with Gasteiger partial charge < -0.3 is 30.1 Å². The first-order valence-corrected chi connectivity index (χ1v) is 19.2. The summed E-state index contributed by atoms with van der Waals surface area (Å²) in [6.07, 6.45) is 0. The number of hydrogen-bond donors (Lipinski definition) is 4. The van der Waals surface area contributed by atoms with Crippen molar-refractivity contribution in [2.75, 3.05) is 35.4 Å². The number of H-pyrrole nitrogens is 2. The first-order valence-electron chi connectivity index (χ1n) is 15.1. The van der Waals surface area contributed by atoms with Gasteiger partial charge in [0.1, 0.15) is 11.5 Å². The molecule has 0 atom stereocenters. The highest BCUT2D eigenvalue weighted by Gasteiger charge is 2.11. The van der Waals surface area contributed by atoms with Gasteiger partial charge >= 0.3 is 0 Å². The molecule has 6 aromatic rings. The number of benzene rings is 4. The Morgan fingerprint density at radius 1 is 0.625 bits per heavy atom. The molecule has 2 aromatic heterocycles. The predicted octanol–water partition coefficient (Wildman–Crippen LogP) is 8.50. The third-order valence-electron chi connectivity index (χ3n) is 6.68. The number of nitrogens with one attached hydrogen (secondary N) is 4. The SMILES string of the molecule is CCOc1ccc2nc(SCC(=O)Nc3ccc(SSc4ccc(NC(=O)CSc5nc6ccc(OCC)cc6[nH]5)cc4)cc3)[nH]c2c1. The summed E-state index contributed by atoms with van der Waals surface area (Å²) in [5.41, 5.74) is 4.88. The summed E-state index contributed by atoms with van der Waals surface area (Å²) in [4.78, 5) is 42.8. The largest absolute Gasteiger partial charge is 0.494 e. The van der Waals surface area contributed by atoms with Gasteiger partial charge in [-0.2, -0.15) is 0 Å². The second-order valence-corrected chi connectivity index (χ2v) is 14.4. The molecule has 0 fully saturated rings. The topological polar surface area (TPSA) is 134 Å². The van der Waals surface area contributed by atoms with Crippen LogP contribution in [0.5, 0.6) is 11.5 Å². The molecular weight excluding hydrogens is 685 g/mol. The Balaban J connectivity index is 0.911. The van der Waals surface area contributed by atoms with Gasteiger partial charge in [0.2, 0.25) is 11.8 Å². The Morgan fingerprint density at radius 2 is 1.04 bits per heavy atom. The van der Waals surface area contributed by atoms with Gasteiger partial charge in [0.15, 0.2) is 10.3 Å². The van der Waals surface area contributed by atoms with Crippen LogP contribution in [0, 0.1) is 0 Å². The molecule has 10 nitrogen and oxygen atoms in total. The first kappa shape index (κ1) is 33.7. The molecule has 246 valence electrons. The van der Waals surface area contributed by atoms with E-state index < -0.39 is 0 Å². The number of fused-ring (bicyclic) bond motifs is 2. The number of nitrogens with zero attached hydrogens (tertiary/aromatic N) is 2. The molecule has 0 saturated carbocycles. The second-order valence-electron chi connectivity index (χ2n) is 10.2. The van der Waals surface area contributed by atoms with E-state index in [4.69, 9.17) is 9.47 Å². The van der Waals surface area contributed by atoms with Crippen LogP contribution < -0.4 is 20.1 Å². The van der Waals surface area contributed by atoms with Gasteiger partial charge in [-0.05, 0) is 86.6 Å². The highest BCUT2D eigenvalue weighted by atomic mass is 33.1. The van der Waals surface area contributed by atoms with E-state index in [1.54, 1.807) is 21.6 Å². The monoisotopic (exact) mass is 716 g/mol. The van der Waals surface area contributed by atoms with E-state index in [-0.39, 0.29) is 23.3 Å². The van der Waals surface area contributed by atoms with Crippen molar-refractivity contribution in [1.29, 1.82) is 0 Å². The minimum absolute atomic E-state index is 0.109. The highest BCUT2D eigenvalue weighted by Crippen LogP contribution is 2.38. The van der Waals surface area contributed by atoms with Crippen LogP contribution in [-0.2, 0) is 9.59 Å². The van der Waals surface area contributed by atoms with Crippen molar-refractivity contribution in [3.05, 3.63) is 84.9 Å². The zero-order chi connectivity index (χ0) is 33.3. The lowest BCUT2D eigenvalue weighted by atomic mass is 10.3. The molecule has 48 heavy (non-hydrogen) atoms. The lowest BCUT2D eigenvalue weighted by Crippen LogP contribution is -2.14. The van der Waals surface area contributed by atoms with E-state index in [1.165, 1.54) is 23.5 Å². The molecule has 4 aromatic carbocycles. The van der Waals surface area contributed by atoms with Crippen LogP contribution in [0.25, 0.3) is 22.1 Å². The summed E-state index contributed by atoms with van der Waals surface area (Å²) in [5, 5.41) is 7.25. The minimum atomic E-state index is -0.109. The van der Waals surface area contributed by atoms with E-state index in [1.807, 2.05) is 98.8 Å². The molecule has 0 saturated heterocycles.